The first-order valence-electron chi connectivity index (χ1n) is 4.11. The second kappa shape index (κ2) is 2.36. The van der Waals surface area contributed by atoms with E-state index in [0.717, 1.165) is 12.8 Å². The molecule has 0 radical (unpaired) electrons. The van der Waals surface area contributed by atoms with Gasteiger partial charge in [0.25, 0.3) is 0 Å². The van der Waals surface area contributed by atoms with Crippen molar-refractivity contribution in [3.05, 3.63) is 12.7 Å². The van der Waals surface area contributed by atoms with Crippen LogP contribution < -0.4 is 0 Å². The van der Waals surface area contributed by atoms with E-state index in [2.05, 4.69) is 6.58 Å². The predicted molar refractivity (Wildman–Crippen MR) is 40.9 cm³/mol. The molecule has 1 heterocycles. The van der Waals surface area contributed by atoms with E-state index < -0.39 is 0 Å². The van der Waals surface area contributed by atoms with E-state index in [4.69, 9.17) is 4.74 Å². The van der Waals surface area contributed by atoms with Gasteiger partial charge in [-0.1, -0.05) is 6.08 Å². The number of hydrogen-bond donors (Lipinski definition) is 0. The normalized spacial score (nSPS) is 41.8. The summed E-state index contributed by atoms with van der Waals surface area (Å²) in [7, 11) is 0. The van der Waals surface area contributed by atoms with Crippen LogP contribution in [-0.2, 0) is 9.53 Å². The summed E-state index contributed by atoms with van der Waals surface area (Å²) in [6.07, 6.45) is 4.83. The minimum absolute atomic E-state index is 0.0180. The van der Waals surface area contributed by atoms with E-state index in [-0.39, 0.29) is 12.1 Å². The zero-order chi connectivity index (χ0) is 7.84. The molecule has 2 rings (SSSR count). The molecule has 3 atom stereocenters. The van der Waals surface area contributed by atoms with Gasteiger partial charge in [0, 0.05) is 6.42 Å². The lowest BCUT2D eigenvalue weighted by Crippen LogP contribution is -2.22. The van der Waals surface area contributed by atoms with E-state index in [1.807, 2.05) is 6.08 Å². The maximum Gasteiger partial charge on any atom is 0.306 e. The Morgan fingerprint density at radius 1 is 1.55 bits per heavy atom. The lowest BCUT2D eigenvalue weighted by molar-refractivity contribution is -0.152. The van der Waals surface area contributed by atoms with Gasteiger partial charge >= 0.3 is 5.97 Å². The van der Waals surface area contributed by atoms with Crippen LogP contribution in [-0.4, -0.2) is 12.1 Å². The molecule has 1 saturated heterocycles. The third kappa shape index (κ3) is 1.06. The molecule has 0 N–H and O–H groups in total. The summed E-state index contributed by atoms with van der Waals surface area (Å²) in [4.78, 5) is 10.9. The van der Waals surface area contributed by atoms with Crippen LogP contribution in [0.15, 0.2) is 12.7 Å². The van der Waals surface area contributed by atoms with Crippen LogP contribution in [0.3, 0.4) is 0 Å². The lowest BCUT2D eigenvalue weighted by Gasteiger charge is -2.19. The van der Waals surface area contributed by atoms with Crippen LogP contribution in [0.1, 0.15) is 19.3 Å². The van der Waals surface area contributed by atoms with E-state index in [1.54, 1.807) is 0 Å². The summed E-state index contributed by atoms with van der Waals surface area (Å²) in [6, 6.07) is 0. The Balaban J connectivity index is 2.13. The zero-order valence-corrected chi connectivity index (χ0v) is 6.45. The number of hydrogen-bond acceptors (Lipinski definition) is 2. The van der Waals surface area contributed by atoms with Gasteiger partial charge in [-0.2, -0.15) is 0 Å². The Bertz CT molecular complexity index is 198. The molecule has 0 aromatic heterocycles. The molecule has 2 aliphatic rings. The molecular weight excluding hydrogens is 140 g/mol. The van der Waals surface area contributed by atoms with Crippen molar-refractivity contribution < 1.29 is 9.53 Å². The van der Waals surface area contributed by atoms with E-state index >= 15 is 0 Å². The van der Waals surface area contributed by atoms with Gasteiger partial charge in [-0.15, -0.1) is 6.58 Å². The molecular formula is C9H12O2. The summed E-state index contributed by atoms with van der Waals surface area (Å²) < 4.78 is 5.12. The van der Waals surface area contributed by atoms with Crippen LogP contribution in [0.4, 0.5) is 0 Å². The molecule has 1 aliphatic carbocycles. The van der Waals surface area contributed by atoms with Crippen molar-refractivity contribution in [2.24, 2.45) is 11.8 Å². The number of carbonyl (C=O) groups is 1. The maximum absolute atomic E-state index is 10.9. The first-order chi connectivity index (χ1) is 5.29. The molecule has 2 nitrogen and oxygen atoms in total. The molecule has 0 aromatic rings. The van der Waals surface area contributed by atoms with E-state index in [0.29, 0.717) is 18.3 Å². The van der Waals surface area contributed by atoms with Crippen LogP contribution >= 0.6 is 0 Å². The van der Waals surface area contributed by atoms with Gasteiger partial charge in [0.2, 0.25) is 0 Å². The van der Waals surface area contributed by atoms with Crippen LogP contribution in [0.25, 0.3) is 0 Å². The smallest absolute Gasteiger partial charge is 0.306 e. The summed E-state index contributed by atoms with van der Waals surface area (Å²) in [5.74, 6) is 1.03. The fourth-order valence-corrected chi connectivity index (χ4v) is 2.17. The second-order valence-corrected chi connectivity index (χ2v) is 3.45. The van der Waals surface area contributed by atoms with Gasteiger partial charge in [-0.05, 0) is 24.7 Å². The summed E-state index contributed by atoms with van der Waals surface area (Å²) in [6.45, 7) is 3.76. The summed E-state index contributed by atoms with van der Waals surface area (Å²) in [5, 5.41) is 0. The Kier molecular flexibility index (Phi) is 1.48. The molecule has 60 valence electrons. The second-order valence-electron chi connectivity index (χ2n) is 3.45. The highest BCUT2D eigenvalue weighted by atomic mass is 16.5. The Morgan fingerprint density at radius 3 is 3.09 bits per heavy atom. The summed E-state index contributed by atoms with van der Waals surface area (Å²) >= 11 is 0. The van der Waals surface area contributed by atoms with Gasteiger partial charge < -0.3 is 4.74 Å². The van der Waals surface area contributed by atoms with Crippen molar-refractivity contribution in [2.45, 2.75) is 25.4 Å². The highest BCUT2D eigenvalue weighted by molar-refractivity contribution is 5.71. The minimum atomic E-state index is -0.0180. The van der Waals surface area contributed by atoms with Gasteiger partial charge in [0.1, 0.15) is 6.10 Å². The standard InChI is InChI=1S/C9H12O2/c1-2-6-3-8-4-7(6)5-9(10)11-8/h2,6-8H,1,3-5H2. The van der Waals surface area contributed by atoms with Crippen molar-refractivity contribution in [2.75, 3.05) is 0 Å². The lowest BCUT2D eigenvalue weighted by atomic mass is 9.93. The fraction of sp³-hybridized carbons (Fsp3) is 0.667. The van der Waals surface area contributed by atoms with E-state index in [9.17, 15) is 4.79 Å². The summed E-state index contributed by atoms with van der Waals surface area (Å²) in [5.41, 5.74) is 0. The number of fused-ring (bicyclic) bond motifs is 2. The van der Waals surface area contributed by atoms with Crippen molar-refractivity contribution in [1.29, 1.82) is 0 Å². The molecule has 1 aliphatic heterocycles. The molecule has 2 heteroatoms. The average molecular weight is 152 g/mol. The molecule has 1 saturated carbocycles. The van der Waals surface area contributed by atoms with Crippen molar-refractivity contribution in [3.8, 4) is 0 Å². The van der Waals surface area contributed by atoms with Crippen LogP contribution in [0.2, 0.25) is 0 Å². The first-order valence-corrected chi connectivity index (χ1v) is 4.11. The Labute approximate surface area is 66.2 Å². The van der Waals surface area contributed by atoms with Crippen LogP contribution in [0, 0.1) is 11.8 Å². The number of allylic oxidation sites excluding steroid dienone is 1. The Morgan fingerprint density at radius 2 is 2.36 bits per heavy atom. The third-order valence-corrected chi connectivity index (χ3v) is 2.74. The molecule has 3 unspecified atom stereocenters. The Hall–Kier alpha value is -0.790. The number of ether oxygens (including phenoxy) is 1. The van der Waals surface area contributed by atoms with Gasteiger partial charge in [-0.3, -0.25) is 4.79 Å². The zero-order valence-electron chi connectivity index (χ0n) is 6.45. The number of rotatable bonds is 1. The third-order valence-electron chi connectivity index (χ3n) is 2.74. The van der Waals surface area contributed by atoms with Crippen molar-refractivity contribution >= 4 is 5.97 Å². The maximum atomic E-state index is 10.9. The highest BCUT2D eigenvalue weighted by Crippen LogP contribution is 2.40. The van der Waals surface area contributed by atoms with Crippen molar-refractivity contribution in [1.82, 2.24) is 0 Å². The number of carbonyl (C=O) groups excluding carboxylic acids is 1. The fourth-order valence-electron chi connectivity index (χ4n) is 2.17. The largest absolute Gasteiger partial charge is 0.462 e. The topological polar surface area (TPSA) is 26.3 Å². The quantitative estimate of drug-likeness (QED) is 0.420. The molecule has 11 heavy (non-hydrogen) atoms. The molecule has 2 bridgehead atoms. The first kappa shape index (κ1) is 6.89. The van der Waals surface area contributed by atoms with Gasteiger partial charge in [0.15, 0.2) is 0 Å². The van der Waals surface area contributed by atoms with Crippen LogP contribution in [0.5, 0.6) is 0 Å². The molecule has 0 spiro atoms. The highest BCUT2D eigenvalue weighted by Gasteiger charge is 2.40. The molecule has 2 fully saturated rings. The molecule has 0 amide bonds. The number of esters is 1. The molecule has 0 aromatic carbocycles. The predicted octanol–water partition coefficient (Wildman–Crippen LogP) is 1.51. The monoisotopic (exact) mass is 152 g/mol. The van der Waals surface area contributed by atoms with Gasteiger partial charge in [-0.25, -0.2) is 0 Å². The average Bonchev–Trinajstić information content (AvgIpc) is 2.25. The minimum Gasteiger partial charge on any atom is -0.462 e. The van der Waals surface area contributed by atoms with Gasteiger partial charge in [0.05, 0.1) is 0 Å². The van der Waals surface area contributed by atoms with Crippen molar-refractivity contribution in [3.63, 3.8) is 0 Å². The van der Waals surface area contributed by atoms with E-state index in [1.165, 1.54) is 0 Å². The SMILES string of the molecule is C=CC1CC2CC1CC(=O)O2.